The Kier molecular flexibility index (Phi) is 7.82. The molecular formula is C22H25NO6. The molecule has 0 aromatic heterocycles. The van der Waals surface area contributed by atoms with E-state index >= 15 is 0 Å². The summed E-state index contributed by atoms with van der Waals surface area (Å²) in [5, 5.41) is 8.88. The van der Waals surface area contributed by atoms with Gasteiger partial charge in [0.05, 0.1) is 28.4 Å². The molecule has 2 rings (SSSR count). The number of rotatable bonds is 10. The Morgan fingerprint density at radius 3 is 2.07 bits per heavy atom. The molecule has 2 aromatic rings. The van der Waals surface area contributed by atoms with Crippen LogP contribution in [0.1, 0.15) is 16.7 Å². The third-order valence-electron chi connectivity index (χ3n) is 4.37. The van der Waals surface area contributed by atoms with E-state index in [1.165, 1.54) is 0 Å². The van der Waals surface area contributed by atoms with Gasteiger partial charge in [-0.15, -0.1) is 0 Å². The van der Waals surface area contributed by atoms with E-state index in [2.05, 4.69) is 6.58 Å². The Balaban J connectivity index is 2.54. The van der Waals surface area contributed by atoms with E-state index in [1.807, 2.05) is 29.7 Å². The number of methoxy groups -OCH3 is 4. The zero-order valence-corrected chi connectivity index (χ0v) is 16.9. The van der Waals surface area contributed by atoms with Gasteiger partial charge in [0.25, 0.3) is 0 Å². The highest BCUT2D eigenvalue weighted by molar-refractivity contribution is 5.86. The molecule has 7 nitrogen and oxygen atoms in total. The Bertz CT molecular complexity index is 895. The third-order valence-corrected chi connectivity index (χ3v) is 4.37. The van der Waals surface area contributed by atoms with E-state index in [0.29, 0.717) is 40.4 Å². The summed E-state index contributed by atoms with van der Waals surface area (Å²) in [5.41, 5.74) is 5.33. The van der Waals surface area contributed by atoms with Gasteiger partial charge < -0.3 is 24.2 Å². The van der Waals surface area contributed by atoms with Gasteiger partial charge in [0, 0.05) is 17.7 Å². The van der Waals surface area contributed by atoms with E-state index in [1.54, 1.807) is 40.6 Å². The van der Waals surface area contributed by atoms with Gasteiger partial charge in [-0.3, -0.25) is 4.79 Å². The van der Waals surface area contributed by atoms with Crippen molar-refractivity contribution in [2.24, 2.45) is 0 Å². The number of hydrogen-bond donors (Lipinski definition) is 2. The van der Waals surface area contributed by atoms with Crippen molar-refractivity contribution in [1.29, 1.82) is 0 Å². The number of aldehydes is 1. The van der Waals surface area contributed by atoms with Crippen molar-refractivity contribution in [1.82, 2.24) is 5.48 Å². The van der Waals surface area contributed by atoms with Gasteiger partial charge in [-0.2, -0.15) is 0 Å². The molecule has 7 heteroatoms. The summed E-state index contributed by atoms with van der Waals surface area (Å²) in [6.07, 6.45) is 2.31. The number of hydrogen-bond acceptors (Lipinski definition) is 7. The molecule has 2 aromatic carbocycles. The first kappa shape index (κ1) is 22.0. The minimum atomic E-state index is 0.0186. The molecule has 0 aliphatic carbocycles. The van der Waals surface area contributed by atoms with Gasteiger partial charge >= 0.3 is 0 Å². The van der Waals surface area contributed by atoms with Crippen LogP contribution in [0.2, 0.25) is 0 Å². The lowest BCUT2D eigenvalue weighted by molar-refractivity contribution is -0.105. The molecule has 0 atom stereocenters. The zero-order chi connectivity index (χ0) is 21.4. The van der Waals surface area contributed by atoms with Gasteiger partial charge in [0.1, 0.15) is 12.0 Å². The highest BCUT2D eigenvalue weighted by atomic mass is 16.5. The van der Waals surface area contributed by atoms with Crippen LogP contribution in [0, 0.1) is 0 Å². The molecule has 0 heterocycles. The van der Waals surface area contributed by atoms with Crippen LogP contribution in [0.25, 0.3) is 11.6 Å². The lowest BCUT2D eigenvalue weighted by atomic mass is 9.96. The lowest BCUT2D eigenvalue weighted by Crippen LogP contribution is -2.12. The maximum atomic E-state index is 11.2. The Labute approximate surface area is 170 Å². The molecule has 0 bridgehead atoms. The molecule has 0 spiro atoms. The summed E-state index contributed by atoms with van der Waals surface area (Å²) in [6.45, 7) is 4.22. The SMILES string of the molecule is C=C(c1ccc(OC)c(/C=C(\C=O)CNO)c1)c1cc(OC)c(OC)c(OC)c1. The molecule has 0 amide bonds. The largest absolute Gasteiger partial charge is 0.496 e. The zero-order valence-electron chi connectivity index (χ0n) is 16.9. The van der Waals surface area contributed by atoms with Crippen LogP contribution in [0.4, 0.5) is 0 Å². The smallest absolute Gasteiger partial charge is 0.203 e. The number of benzene rings is 2. The second kappa shape index (κ2) is 10.3. The molecule has 0 fully saturated rings. The van der Waals surface area contributed by atoms with Gasteiger partial charge in [-0.25, -0.2) is 5.48 Å². The monoisotopic (exact) mass is 399 g/mol. The minimum Gasteiger partial charge on any atom is -0.496 e. The second-order valence-corrected chi connectivity index (χ2v) is 6.02. The second-order valence-electron chi connectivity index (χ2n) is 6.02. The van der Waals surface area contributed by atoms with Crippen molar-refractivity contribution in [2.75, 3.05) is 35.0 Å². The maximum absolute atomic E-state index is 11.2. The van der Waals surface area contributed by atoms with Gasteiger partial charge in [0.15, 0.2) is 11.5 Å². The van der Waals surface area contributed by atoms with E-state index in [0.717, 1.165) is 16.7 Å². The number of carbonyl (C=O) groups is 1. The van der Waals surface area contributed by atoms with Crippen LogP contribution < -0.4 is 24.4 Å². The van der Waals surface area contributed by atoms with Crippen molar-refractivity contribution >= 4 is 17.9 Å². The molecule has 0 unspecified atom stereocenters. The van der Waals surface area contributed by atoms with Crippen LogP contribution in [-0.4, -0.2) is 46.5 Å². The van der Waals surface area contributed by atoms with Crippen molar-refractivity contribution < 1.29 is 28.9 Å². The third kappa shape index (κ3) is 4.96. The fourth-order valence-electron chi connectivity index (χ4n) is 2.87. The van der Waals surface area contributed by atoms with E-state index in [4.69, 9.17) is 24.2 Å². The molecule has 0 aliphatic heterocycles. The Morgan fingerprint density at radius 1 is 0.966 bits per heavy atom. The molecule has 2 N–H and O–H groups in total. The van der Waals surface area contributed by atoms with E-state index in [9.17, 15) is 4.79 Å². The average molecular weight is 399 g/mol. The molecule has 0 saturated heterocycles. The highest BCUT2D eigenvalue weighted by Gasteiger charge is 2.16. The predicted octanol–water partition coefficient (Wildman–Crippen LogP) is 3.34. The van der Waals surface area contributed by atoms with Crippen molar-refractivity contribution in [3.63, 3.8) is 0 Å². The maximum Gasteiger partial charge on any atom is 0.203 e. The Morgan fingerprint density at radius 2 is 1.59 bits per heavy atom. The lowest BCUT2D eigenvalue weighted by Gasteiger charge is -2.16. The molecule has 154 valence electrons. The minimum absolute atomic E-state index is 0.0186. The predicted molar refractivity (Wildman–Crippen MR) is 111 cm³/mol. The summed E-state index contributed by atoms with van der Waals surface area (Å²) < 4.78 is 21.6. The van der Waals surface area contributed by atoms with Crippen LogP contribution in [0.15, 0.2) is 42.5 Å². The quantitative estimate of drug-likeness (QED) is 0.360. The summed E-state index contributed by atoms with van der Waals surface area (Å²) in [4.78, 5) is 11.2. The Hall–Kier alpha value is -3.29. The van der Waals surface area contributed by atoms with Crippen LogP contribution in [0.3, 0.4) is 0 Å². The summed E-state index contributed by atoms with van der Waals surface area (Å²) in [6, 6.07) is 9.14. The first-order valence-corrected chi connectivity index (χ1v) is 8.73. The number of carbonyl (C=O) groups excluding carboxylic acids is 1. The van der Waals surface area contributed by atoms with Crippen molar-refractivity contribution in [3.05, 3.63) is 59.2 Å². The molecule has 0 aliphatic rings. The molecular weight excluding hydrogens is 374 g/mol. The summed E-state index contributed by atoms with van der Waals surface area (Å²) in [5.74, 6) is 2.13. The topological polar surface area (TPSA) is 86.3 Å². The van der Waals surface area contributed by atoms with Gasteiger partial charge in [-0.05, 0) is 47.0 Å². The van der Waals surface area contributed by atoms with Crippen LogP contribution in [0.5, 0.6) is 23.0 Å². The fourth-order valence-corrected chi connectivity index (χ4v) is 2.87. The first-order valence-electron chi connectivity index (χ1n) is 8.73. The highest BCUT2D eigenvalue weighted by Crippen LogP contribution is 2.41. The normalized spacial score (nSPS) is 11.0. The molecule has 0 saturated carbocycles. The van der Waals surface area contributed by atoms with Crippen molar-refractivity contribution in [3.8, 4) is 23.0 Å². The number of hydroxylamine groups is 1. The van der Waals surface area contributed by atoms with Gasteiger partial charge in [-0.1, -0.05) is 12.6 Å². The summed E-state index contributed by atoms with van der Waals surface area (Å²) in [7, 11) is 6.20. The molecule has 0 radical (unpaired) electrons. The number of nitrogens with one attached hydrogen (secondary N) is 1. The van der Waals surface area contributed by atoms with Crippen LogP contribution in [-0.2, 0) is 4.79 Å². The van der Waals surface area contributed by atoms with E-state index in [-0.39, 0.29) is 6.54 Å². The van der Waals surface area contributed by atoms with Crippen LogP contribution >= 0.6 is 0 Å². The summed E-state index contributed by atoms with van der Waals surface area (Å²) >= 11 is 0. The van der Waals surface area contributed by atoms with E-state index < -0.39 is 0 Å². The fraction of sp³-hybridized carbons (Fsp3) is 0.227. The number of ether oxygens (including phenoxy) is 4. The van der Waals surface area contributed by atoms with Gasteiger partial charge in [0.2, 0.25) is 5.75 Å². The average Bonchev–Trinajstić information content (AvgIpc) is 2.76. The standard InChI is InChI=1S/C22H25NO6/c1-14(17-10-20(27-3)22(29-5)21(11-17)28-4)16-6-7-19(26-2)18(9-16)8-15(13-24)12-23-25/h6-11,13,23,25H,1,12H2,2-5H3/b15-8-. The van der Waals surface area contributed by atoms with Crippen molar-refractivity contribution in [2.45, 2.75) is 0 Å². The molecule has 29 heavy (non-hydrogen) atoms. The first-order chi connectivity index (χ1) is 14.0.